The summed E-state index contributed by atoms with van der Waals surface area (Å²) < 4.78 is 104. The smallest absolute Gasteiger partial charge is 0.467 e. The Kier molecular flexibility index (Phi) is 47.4. The molecule has 38 heteroatoms. The van der Waals surface area contributed by atoms with Crippen molar-refractivity contribution < 1.29 is 94.9 Å². The van der Waals surface area contributed by atoms with E-state index in [0.29, 0.717) is 126 Å². The van der Waals surface area contributed by atoms with Crippen LogP contribution in [0.1, 0.15) is 39.5 Å². The number of nitrogens with zero attached hydrogens (tertiary/aromatic N) is 18. The molecular weight excluding hydrogens is 1800 g/mol. The predicted octanol–water partition coefficient (Wildman–Crippen LogP) is 14.3. The van der Waals surface area contributed by atoms with Gasteiger partial charge >= 0.3 is 18.1 Å². The fourth-order valence-corrected chi connectivity index (χ4v) is 14.2. The van der Waals surface area contributed by atoms with Crippen molar-refractivity contribution in [2.45, 2.75) is 110 Å². The molecular formula is C102H124N18O20. The molecule has 0 saturated carbocycles. The van der Waals surface area contributed by atoms with Crippen LogP contribution in [0.25, 0.3) is 88.3 Å². The minimum atomic E-state index is -0.701. The molecule has 0 bridgehead atoms. The second-order valence-corrected chi connectivity index (χ2v) is 31.1. The number of esters is 2. The van der Waals surface area contributed by atoms with Gasteiger partial charge in [0.1, 0.15) is 46.1 Å². The van der Waals surface area contributed by atoms with E-state index in [9.17, 15) is 14.4 Å². The standard InChI is InChI=1S/C15H20N2O5.C14H18N2O2.2C13H16N2O3.C12H13N3O.C12H14N2O3.C12H16N2O2.C11H11N3O/c1-19-15(18)22-11-10-21-9-8-20-7-6-17-12-16-13-4-2-3-5-14(13)17;1-2-6-13-12(5-1)15-11-16(13)8-10-18-14-7-3-4-9-17-14;1-2-4-13-12(3-1)14-9-15(13)5-6-16-7-11-8-17-10-18-11;1-11(16)18-9-8-17-7-6-15-10-14-12-4-2-3-5-13(12)15;13-6-3-8-16-9-7-15-10-14-11-4-1-2-5-12(11)15;1-16-12(15)8-17-7-6-14-9-13-10-4-2-3-5-11(10)14;1-10(16-9-15-2)7-14-8-13-11-5-3-4-6-12(11)14;12-5-7-15-8-6-14-9-13-10-3-1-2-4-11(10)14/h2-5,12H,6-11H2,1H3;1-2,5-6,11,14H,3-4,7-10H2;1-4,9,11H,5-8,10H2;2-5,10H,6-9H2,1H3;1-2,4-5,10H,3,7-9H2;2-5,9H,6-8H2,1H3;3-6,8,10H,7,9H2,1-2H3;1-4,9H,6-8H2. The molecule has 2 fully saturated rings. The Hall–Kier alpha value is -13.8. The number of ether oxygens (including phenoxy) is 17. The number of imidazole rings is 8. The average Bonchev–Trinajstić information content (AvgIpc) is 1.77. The molecule has 0 radical (unpaired) electrons. The van der Waals surface area contributed by atoms with Gasteiger partial charge in [-0.25, -0.2) is 49.5 Å². The van der Waals surface area contributed by atoms with Gasteiger partial charge in [-0.1, -0.05) is 97.1 Å². The summed E-state index contributed by atoms with van der Waals surface area (Å²) in [6.07, 6.45) is 17.9. The molecule has 2 saturated heterocycles. The molecule has 742 valence electrons. The van der Waals surface area contributed by atoms with Crippen LogP contribution in [-0.4, -0.2) is 273 Å². The third-order valence-electron chi connectivity index (χ3n) is 21.3. The molecule has 2 aliphatic heterocycles. The number of rotatable bonds is 43. The van der Waals surface area contributed by atoms with E-state index in [4.69, 9.17) is 76.8 Å². The topological polar surface area (TPSA) is 398 Å². The predicted molar refractivity (Wildman–Crippen MR) is 524 cm³/mol. The first kappa shape index (κ1) is 107. The van der Waals surface area contributed by atoms with Crippen molar-refractivity contribution in [3.05, 3.63) is 245 Å². The summed E-state index contributed by atoms with van der Waals surface area (Å²) in [5.74, 6) is -0.639. The summed E-state index contributed by atoms with van der Waals surface area (Å²) in [7, 11) is 4.23. The number of para-hydroxylation sites is 16. The fraction of sp³-hybridized carbons (Fsp3) is 0.402. The van der Waals surface area contributed by atoms with Crippen LogP contribution in [-0.2, 0) is 142 Å². The van der Waals surface area contributed by atoms with Gasteiger partial charge in [0.15, 0.2) is 6.29 Å². The minimum Gasteiger partial charge on any atom is -0.467 e. The summed E-state index contributed by atoms with van der Waals surface area (Å²) >= 11 is 0. The Bertz CT molecular complexity index is 6320. The van der Waals surface area contributed by atoms with E-state index in [1.807, 2.05) is 240 Å². The highest BCUT2D eigenvalue weighted by Crippen LogP contribution is 2.21. The molecule has 0 N–H and O–H groups in total. The normalized spacial score (nSPS) is 13.3. The minimum absolute atomic E-state index is 0.00599. The molecule has 8 aromatic carbocycles. The van der Waals surface area contributed by atoms with E-state index in [1.165, 1.54) is 27.6 Å². The van der Waals surface area contributed by atoms with Crippen molar-refractivity contribution in [1.82, 2.24) is 76.4 Å². The van der Waals surface area contributed by atoms with Crippen LogP contribution in [0.2, 0.25) is 0 Å². The van der Waals surface area contributed by atoms with Crippen LogP contribution >= 0.6 is 0 Å². The Labute approximate surface area is 811 Å². The Morgan fingerprint density at radius 2 is 0.743 bits per heavy atom. The molecule has 0 spiro atoms. The Morgan fingerprint density at radius 1 is 0.393 bits per heavy atom. The molecule has 3 atom stereocenters. The van der Waals surface area contributed by atoms with Gasteiger partial charge in [-0.3, -0.25) is 4.79 Å². The van der Waals surface area contributed by atoms with Gasteiger partial charge in [-0.2, -0.15) is 10.5 Å². The maximum Gasteiger partial charge on any atom is 0.508 e. The van der Waals surface area contributed by atoms with Gasteiger partial charge in [0.25, 0.3) is 0 Å². The van der Waals surface area contributed by atoms with Crippen LogP contribution < -0.4 is 0 Å². The molecule has 8 aromatic heterocycles. The lowest BCUT2D eigenvalue weighted by molar-refractivity contribution is -0.163. The van der Waals surface area contributed by atoms with Crippen LogP contribution in [0.4, 0.5) is 4.79 Å². The zero-order valence-corrected chi connectivity index (χ0v) is 79.9. The van der Waals surface area contributed by atoms with E-state index in [-0.39, 0.29) is 50.3 Å². The van der Waals surface area contributed by atoms with E-state index in [0.717, 1.165) is 154 Å². The number of nitriles is 2. The maximum absolute atomic E-state index is 10.8. The lowest BCUT2D eigenvalue weighted by Crippen LogP contribution is -2.23. The van der Waals surface area contributed by atoms with Gasteiger partial charge in [-0.15, -0.1) is 0 Å². The number of hydrogen-bond donors (Lipinski definition) is 0. The molecule has 0 aliphatic carbocycles. The molecule has 38 nitrogen and oxygen atoms in total. The third kappa shape index (κ3) is 36.5. The molecule has 140 heavy (non-hydrogen) atoms. The third-order valence-corrected chi connectivity index (χ3v) is 21.3. The Balaban J connectivity index is 0.000000153. The van der Waals surface area contributed by atoms with Crippen molar-refractivity contribution in [2.24, 2.45) is 0 Å². The van der Waals surface area contributed by atoms with Crippen LogP contribution in [0.3, 0.4) is 0 Å². The van der Waals surface area contributed by atoms with Crippen LogP contribution in [0, 0.1) is 22.7 Å². The first-order valence-corrected chi connectivity index (χ1v) is 46.3. The van der Waals surface area contributed by atoms with Crippen molar-refractivity contribution in [3.63, 3.8) is 0 Å². The summed E-state index contributed by atoms with van der Waals surface area (Å²) in [5.41, 5.74) is 16.9. The maximum atomic E-state index is 10.8. The Morgan fingerprint density at radius 3 is 1.10 bits per heavy atom. The van der Waals surface area contributed by atoms with Gasteiger partial charge in [0.2, 0.25) is 0 Å². The zero-order valence-electron chi connectivity index (χ0n) is 79.9. The lowest BCUT2D eigenvalue weighted by Gasteiger charge is -2.22. The van der Waals surface area contributed by atoms with Crippen LogP contribution in [0.5, 0.6) is 0 Å². The zero-order chi connectivity index (χ0) is 98.0. The number of benzene rings is 8. The van der Waals surface area contributed by atoms with E-state index in [1.54, 1.807) is 26.1 Å². The first-order valence-electron chi connectivity index (χ1n) is 46.3. The number of carbonyl (C=O) groups is 3. The van der Waals surface area contributed by atoms with Gasteiger partial charge in [0, 0.05) is 66.5 Å². The summed E-state index contributed by atoms with van der Waals surface area (Å²) in [5, 5.41) is 16.6. The monoisotopic (exact) mass is 1920 g/mol. The highest BCUT2D eigenvalue weighted by molar-refractivity contribution is 5.80. The fourth-order valence-electron chi connectivity index (χ4n) is 14.2. The average molecular weight is 1920 g/mol. The second kappa shape index (κ2) is 62.2. The molecule has 18 rings (SSSR count). The summed E-state index contributed by atoms with van der Waals surface area (Å²) in [6, 6.07) is 68.1. The molecule has 16 aromatic rings. The SMILES string of the molecule is CC(=O)OCCOCCn1cnc2ccccc21.COC(=O)COCCn1cnc2ccccc21.COC(=O)OCCOCCOCCn1cnc2ccccc21.COCOC(C)Cn1cnc2ccccc21.N#CCCOCCn1cnc2ccccc21.N#CCOCCn1cnc2ccccc21.c1ccc2c(c1)ncn2CCOC1CCCCO1.c1ccc2c(c1)ncn2CCOCC1COCO1. The van der Waals surface area contributed by atoms with E-state index < -0.39 is 6.16 Å². The lowest BCUT2D eigenvalue weighted by atomic mass is 10.2. The number of fused-ring (bicyclic) bond motifs is 8. The van der Waals surface area contributed by atoms with Crippen molar-refractivity contribution in [1.29, 1.82) is 10.5 Å². The number of hydrogen-bond acceptors (Lipinski definition) is 30. The summed E-state index contributed by atoms with van der Waals surface area (Å²) in [4.78, 5) is 66.5. The van der Waals surface area contributed by atoms with E-state index >= 15 is 0 Å². The van der Waals surface area contributed by atoms with Crippen molar-refractivity contribution >= 4 is 106 Å². The van der Waals surface area contributed by atoms with Gasteiger partial charge < -0.3 is 117 Å². The van der Waals surface area contributed by atoms with Crippen molar-refractivity contribution in [3.8, 4) is 12.1 Å². The van der Waals surface area contributed by atoms with Crippen LogP contribution in [0.15, 0.2) is 245 Å². The largest absolute Gasteiger partial charge is 0.508 e. The number of methoxy groups -OCH3 is 3. The van der Waals surface area contributed by atoms with Crippen molar-refractivity contribution in [2.75, 3.05) is 160 Å². The molecule has 0 amide bonds. The number of aromatic nitrogens is 16. The highest BCUT2D eigenvalue weighted by Gasteiger charge is 2.18. The molecule has 10 heterocycles. The molecule has 3 unspecified atom stereocenters. The molecule has 2 aliphatic rings. The quantitative estimate of drug-likeness (QED) is 0.0148. The summed E-state index contributed by atoms with van der Waals surface area (Å²) in [6.45, 7) is 19.1. The highest BCUT2D eigenvalue weighted by atomic mass is 16.7. The van der Waals surface area contributed by atoms with E-state index in [2.05, 4.69) is 95.1 Å². The van der Waals surface area contributed by atoms with Gasteiger partial charge in [-0.05, 0) is 123 Å². The van der Waals surface area contributed by atoms with Gasteiger partial charge in [0.05, 0.1) is 277 Å². The second-order valence-electron chi connectivity index (χ2n) is 31.1. The first-order chi connectivity index (χ1) is 68.9. The number of carbonyl (C=O) groups excluding carboxylic acids is 3.